The van der Waals surface area contributed by atoms with Gasteiger partial charge in [0.2, 0.25) is 0 Å². The smallest absolute Gasteiger partial charge is 0.122 e. The molecule has 0 radical (unpaired) electrons. The highest BCUT2D eigenvalue weighted by atomic mass is 16.5. The Kier molecular flexibility index (Phi) is 3.92. The largest absolute Gasteiger partial charge is 0.496 e. The Morgan fingerprint density at radius 1 is 1.12 bits per heavy atom. The number of nitrogens with zero attached hydrogens (tertiary/aromatic N) is 1. The number of methoxy groups -OCH3 is 1. The van der Waals surface area contributed by atoms with Crippen LogP contribution in [0.25, 0.3) is 6.08 Å². The molecule has 0 unspecified atom stereocenters. The fourth-order valence-electron chi connectivity index (χ4n) is 1.65. The second kappa shape index (κ2) is 5.85. The van der Waals surface area contributed by atoms with E-state index in [-0.39, 0.29) is 0 Å². The molecule has 0 bridgehead atoms. The summed E-state index contributed by atoms with van der Waals surface area (Å²) in [7, 11) is 1.70. The number of ether oxygens (including phenoxy) is 1. The zero-order valence-corrected chi connectivity index (χ0v) is 9.84. The lowest BCUT2D eigenvalue weighted by atomic mass is 10.1. The number of pyridine rings is 1. The summed E-state index contributed by atoms with van der Waals surface area (Å²) >= 11 is 0. The molecule has 2 rings (SSSR count). The van der Waals surface area contributed by atoms with E-state index < -0.39 is 0 Å². The van der Waals surface area contributed by atoms with Crippen LogP contribution in [0.2, 0.25) is 0 Å². The molecule has 0 atom stereocenters. The van der Waals surface area contributed by atoms with Gasteiger partial charge in [0.15, 0.2) is 0 Å². The molecule has 0 saturated heterocycles. The lowest BCUT2D eigenvalue weighted by Crippen LogP contribution is -1.89. The summed E-state index contributed by atoms with van der Waals surface area (Å²) in [6, 6.07) is 13.9. The van der Waals surface area contributed by atoms with E-state index in [4.69, 9.17) is 4.74 Å². The number of hydrogen-bond acceptors (Lipinski definition) is 2. The zero-order valence-electron chi connectivity index (χ0n) is 9.84. The topological polar surface area (TPSA) is 22.1 Å². The first-order valence-electron chi connectivity index (χ1n) is 5.59. The van der Waals surface area contributed by atoms with Crippen molar-refractivity contribution in [3.8, 4) is 5.75 Å². The minimum Gasteiger partial charge on any atom is -0.496 e. The summed E-state index contributed by atoms with van der Waals surface area (Å²) in [6.45, 7) is 0. The third-order valence-electron chi connectivity index (χ3n) is 2.51. The molecule has 0 amide bonds. The second-order valence-corrected chi connectivity index (χ2v) is 3.67. The van der Waals surface area contributed by atoms with Gasteiger partial charge >= 0.3 is 0 Å². The van der Waals surface area contributed by atoms with Crippen molar-refractivity contribution in [1.29, 1.82) is 0 Å². The molecule has 86 valence electrons. The maximum atomic E-state index is 5.30. The minimum absolute atomic E-state index is 0.848. The van der Waals surface area contributed by atoms with Crippen molar-refractivity contribution in [2.75, 3.05) is 7.11 Å². The summed E-state index contributed by atoms with van der Waals surface area (Å²) in [4.78, 5) is 4.23. The van der Waals surface area contributed by atoms with Crippen LogP contribution in [0.5, 0.6) is 5.75 Å². The highest BCUT2D eigenvalue weighted by Gasteiger charge is 1.98. The molecule has 2 nitrogen and oxygen atoms in total. The molecular weight excluding hydrogens is 210 g/mol. The van der Waals surface area contributed by atoms with Crippen molar-refractivity contribution >= 4 is 6.08 Å². The number of aromatic nitrogens is 1. The van der Waals surface area contributed by atoms with E-state index in [1.54, 1.807) is 13.3 Å². The van der Waals surface area contributed by atoms with Crippen molar-refractivity contribution < 1.29 is 4.74 Å². The van der Waals surface area contributed by atoms with Gasteiger partial charge in [-0.3, -0.25) is 4.98 Å². The van der Waals surface area contributed by atoms with Crippen molar-refractivity contribution in [2.24, 2.45) is 0 Å². The molecule has 0 saturated carbocycles. The zero-order chi connectivity index (χ0) is 11.9. The lowest BCUT2D eigenvalue weighted by molar-refractivity contribution is 0.411. The molecule has 0 aliphatic heterocycles. The van der Waals surface area contributed by atoms with Crippen LogP contribution in [-0.2, 0) is 6.42 Å². The molecule has 0 aliphatic carbocycles. The maximum absolute atomic E-state index is 5.30. The van der Waals surface area contributed by atoms with Crippen LogP contribution in [-0.4, -0.2) is 12.1 Å². The highest BCUT2D eigenvalue weighted by Crippen LogP contribution is 2.18. The quantitative estimate of drug-likeness (QED) is 0.796. The fourth-order valence-corrected chi connectivity index (χ4v) is 1.65. The van der Waals surface area contributed by atoms with Crippen LogP contribution in [0.15, 0.2) is 54.7 Å². The van der Waals surface area contributed by atoms with E-state index in [1.807, 2.05) is 42.5 Å². The number of allylic oxidation sites excluding steroid dienone is 1. The molecule has 0 aliphatic rings. The molecule has 1 aromatic carbocycles. The Morgan fingerprint density at radius 2 is 1.94 bits per heavy atom. The monoisotopic (exact) mass is 225 g/mol. The molecule has 1 heterocycles. The predicted molar refractivity (Wildman–Crippen MR) is 70.0 cm³/mol. The van der Waals surface area contributed by atoms with Gasteiger partial charge in [-0.25, -0.2) is 0 Å². The average molecular weight is 225 g/mol. The first-order valence-corrected chi connectivity index (χ1v) is 5.59. The highest BCUT2D eigenvalue weighted by molar-refractivity contribution is 5.46. The summed E-state index contributed by atoms with van der Waals surface area (Å²) in [6.07, 6.45) is 6.76. The molecule has 17 heavy (non-hydrogen) atoms. The molecule has 0 fully saturated rings. The third-order valence-corrected chi connectivity index (χ3v) is 2.51. The van der Waals surface area contributed by atoms with Crippen LogP contribution in [0, 0.1) is 0 Å². The third kappa shape index (κ3) is 3.18. The summed E-state index contributed by atoms with van der Waals surface area (Å²) in [5.41, 5.74) is 2.16. The van der Waals surface area contributed by atoms with Crippen LogP contribution >= 0.6 is 0 Å². The first kappa shape index (κ1) is 11.4. The van der Waals surface area contributed by atoms with Gasteiger partial charge in [-0.15, -0.1) is 0 Å². The van der Waals surface area contributed by atoms with E-state index in [2.05, 4.69) is 17.1 Å². The summed E-state index contributed by atoms with van der Waals surface area (Å²) in [5.74, 6) is 0.929. The first-order chi connectivity index (χ1) is 8.40. The van der Waals surface area contributed by atoms with Crippen LogP contribution < -0.4 is 4.74 Å². The standard InChI is InChI=1S/C15H15NO/c1-17-15-11-3-2-7-13(15)8-6-10-14-9-4-5-12-16-14/h2-7,9-12H,8H2,1H3/b10-6+. The van der Waals surface area contributed by atoms with Crippen LogP contribution in [0.1, 0.15) is 11.3 Å². The van der Waals surface area contributed by atoms with Gasteiger partial charge in [-0.05, 0) is 36.3 Å². The molecule has 0 N–H and O–H groups in total. The summed E-state index contributed by atoms with van der Waals surface area (Å²) < 4.78 is 5.30. The number of rotatable bonds is 4. The van der Waals surface area contributed by atoms with Crippen molar-refractivity contribution in [2.45, 2.75) is 6.42 Å². The van der Waals surface area contributed by atoms with E-state index in [0.29, 0.717) is 0 Å². The van der Waals surface area contributed by atoms with E-state index in [0.717, 1.165) is 17.9 Å². The SMILES string of the molecule is COc1ccccc1C/C=C/c1ccccn1. The number of para-hydroxylation sites is 1. The second-order valence-electron chi connectivity index (χ2n) is 3.67. The van der Waals surface area contributed by atoms with Crippen molar-refractivity contribution in [3.63, 3.8) is 0 Å². The molecule has 0 spiro atoms. The normalized spacial score (nSPS) is 10.6. The van der Waals surface area contributed by atoms with E-state index >= 15 is 0 Å². The fraction of sp³-hybridized carbons (Fsp3) is 0.133. The maximum Gasteiger partial charge on any atom is 0.122 e. The van der Waals surface area contributed by atoms with Crippen LogP contribution in [0.4, 0.5) is 0 Å². The van der Waals surface area contributed by atoms with Gasteiger partial charge in [0, 0.05) is 6.20 Å². The Bertz CT molecular complexity index is 491. The van der Waals surface area contributed by atoms with Gasteiger partial charge in [0.05, 0.1) is 12.8 Å². The van der Waals surface area contributed by atoms with Gasteiger partial charge in [-0.1, -0.05) is 30.3 Å². The van der Waals surface area contributed by atoms with E-state index in [9.17, 15) is 0 Å². The Labute approximate surface area is 102 Å². The van der Waals surface area contributed by atoms with Crippen molar-refractivity contribution in [3.05, 3.63) is 66.0 Å². The molecule has 2 heteroatoms. The number of hydrogen-bond donors (Lipinski definition) is 0. The Morgan fingerprint density at radius 3 is 2.71 bits per heavy atom. The summed E-state index contributed by atoms with van der Waals surface area (Å²) in [5, 5.41) is 0. The van der Waals surface area contributed by atoms with Gasteiger partial charge in [0.1, 0.15) is 5.75 Å². The lowest BCUT2D eigenvalue weighted by Gasteiger charge is -2.04. The predicted octanol–water partition coefficient (Wildman–Crippen LogP) is 3.35. The molecular formula is C15H15NO. The minimum atomic E-state index is 0.848. The van der Waals surface area contributed by atoms with Gasteiger partial charge in [-0.2, -0.15) is 0 Å². The Hall–Kier alpha value is -2.09. The molecule has 2 aromatic rings. The van der Waals surface area contributed by atoms with Crippen LogP contribution in [0.3, 0.4) is 0 Å². The average Bonchev–Trinajstić information content (AvgIpc) is 2.40. The number of benzene rings is 1. The van der Waals surface area contributed by atoms with E-state index in [1.165, 1.54) is 5.56 Å². The van der Waals surface area contributed by atoms with Crippen molar-refractivity contribution in [1.82, 2.24) is 4.98 Å². The van der Waals surface area contributed by atoms with Gasteiger partial charge < -0.3 is 4.74 Å². The molecule has 1 aromatic heterocycles. The Balaban J connectivity index is 2.05. The van der Waals surface area contributed by atoms with Gasteiger partial charge in [0.25, 0.3) is 0 Å².